The molecule has 2 rings (SSSR count). The molecule has 1 amide bonds. The third kappa shape index (κ3) is 5.20. The SMILES string of the molecule is Cc1c(C(N)=O)cc([N+](=O)[O-])c(-c2cc(Cl)cc(C(F)(F)F)c2)c1C#C[Si](C)(C)C. The van der Waals surface area contributed by atoms with E-state index in [9.17, 15) is 28.1 Å². The number of nitrogens with zero attached hydrogens (tertiary/aromatic N) is 1. The average Bonchev–Trinajstić information content (AvgIpc) is 2.57. The lowest BCUT2D eigenvalue weighted by molar-refractivity contribution is -0.384. The molecule has 0 saturated carbocycles. The molecule has 2 aromatic carbocycles. The minimum absolute atomic E-state index is 0.0795. The Labute approximate surface area is 177 Å². The van der Waals surface area contributed by atoms with Crippen LogP contribution in [0.3, 0.4) is 0 Å². The summed E-state index contributed by atoms with van der Waals surface area (Å²) >= 11 is 5.89. The van der Waals surface area contributed by atoms with Crippen molar-refractivity contribution in [1.82, 2.24) is 0 Å². The third-order valence-electron chi connectivity index (χ3n) is 4.10. The van der Waals surface area contributed by atoms with Gasteiger partial charge in [-0.2, -0.15) is 13.2 Å². The lowest BCUT2D eigenvalue weighted by Gasteiger charge is -2.15. The maximum atomic E-state index is 13.3. The molecule has 30 heavy (non-hydrogen) atoms. The van der Waals surface area contributed by atoms with Crippen LogP contribution in [0, 0.1) is 28.5 Å². The van der Waals surface area contributed by atoms with Crippen molar-refractivity contribution in [2.45, 2.75) is 32.7 Å². The van der Waals surface area contributed by atoms with Gasteiger partial charge in [-0.3, -0.25) is 14.9 Å². The van der Waals surface area contributed by atoms with Crippen LogP contribution in [0.4, 0.5) is 18.9 Å². The number of nitrogens with two attached hydrogens (primary N) is 1. The third-order valence-corrected chi connectivity index (χ3v) is 5.20. The van der Waals surface area contributed by atoms with E-state index in [-0.39, 0.29) is 32.8 Å². The van der Waals surface area contributed by atoms with Crippen molar-refractivity contribution in [2.75, 3.05) is 0 Å². The topological polar surface area (TPSA) is 86.2 Å². The summed E-state index contributed by atoms with van der Waals surface area (Å²) in [6.45, 7) is 7.30. The van der Waals surface area contributed by atoms with Crippen LogP contribution in [0.1, 0.15) is 27.0 Å². The van der Waals surface area contributed by atoms with Gasteiger partial charge in [0.15, 0.2) is 0 Å². The number of rotatable bonds is 3. The Morgan fingerprint density at radius 1 is 1.20 bits per heavy atom. The van der Waals surface area contributed by atoms with E-state index in [4.69, 9.17) is 17.3 Å². The molecule has 2 N–H and O–H groups in total. The number of nitro groups is 1. The van der Waals surface area contributed by atoms with Gasteiger partial charge < -0.3 is 5.73 Å². The fraction of sp³-hybridized carbons (Fsp3) is 0.250. The molecule has 0 saturated heterocycles. The van der Waals surface area contributed by atoms with Gasteiger partial charge in [0.25, 0.3) is 5.69 Å². The zero-order valence-corrected chi connectivity index (χ0v) is 18.3. The van der Waals surface area contributed by atoms with Gasteiger partial charge in [-0.05, 0) is 36.2 Å². The van der Waals surface area contributed by atoms with Crippen molar-refractivity contribution in [3.05, 3.63) is 61.7 Å². The number of halogens is 4. The predicted molar refractivity (Wildman–Crippen MR) is 112 cm³/mol. The number of primary amides is 1. The van der Waals surface area contributed by atoms with Crippen LogP contribution in [-0.2, 0) is 6.18 Å². The van der Waals surface area contributed by atoms with Crippen LogP contribution in [0.2, 0.25) is 24.7 Å². The lowest BCUT2D eigenvalue weighted by atomic mass is 9.90. The number of hydrogen-bond acceptors (Lipinski definition) is 3. The first-order valence-corrected chi connectivity index (χ1v) is 12.5. The van der Waals surface area contributed by atoms with Crippen LogP contribution in [0.15, 0.2) is 24.3 Å². The number of carbonyl (C=O) groups is 1. The number of alkyl halides is 3. The second-order valence-electron chi connectivity index (χ2n) is 7.67. The molecule has 0 bridgehead atoms. The van der Waals surface area contributed by atoms with Gasteiger partial charge in [0, 0.05) is 16.7 Å². The van der Waals surface area contributed by atoms with Crippen molar-refractivity contribution < 1.29 is 22.9 Å². The minimum Gasteiger partial charge on any atom is -0.366 e. The monoisotopic (exact) mass is 454 g/mol. The molecule has 5 nitrogen and oxygen atoms in total. The molecule has 0 aromatic heterocycles. The van der Waals surface area contributed by atoms with Crippen molar-refractivity contribution in [2.24, 2.45) is 5.73 Å². The normalized spacial score (nSPS) is 11.6. The minimum atomic E-state index is -4.71. The molecule has 0 radical (unpaired) electrons. The molecular formula is C20H18ClF3N2O3Si. The van der Waals surface area contributed by atoms with Gasteiger partial charge in [-0.15, -0.1) is 5.54 Å². The molecule has 0 atom stereocenters. The Kier molecular flexibility index (Phi) is 6.35. The van der Waals surface area contributed by atoms with Gasteiger partial charge in [0.1, 0.15) is 8.07 Å². The maximum absolute atomic E-state index is 13.3. The summed E-state index contributed by atoms with van der Waals surface area (Å²) in [7, 11) is -1.98. The predicted octanol–water partition coefficient (Wildman–Crippen LogP) is 5.57. The van der Waals surface area contributed by atoms with Crippen LogP contribution in [-0.4, -0.2) is 18.9 Å². The zero-order valence-electron chi connectivity index (χ0n) is 16.6. The van der Waals surface area contributed by atoms with Crippen molar-refractivity contribution in [3.63, 3.8) is 0 Å². The molecule has 0 unspecified atom stereocenters. The lowest BCUT2D eigenvalue weighted by Crippen LogP contribution is -2.17. The fourth-order valence-electron chi connectivity index (χ4n) is 2.76. The molecule has 0 aliphatic heterocycles. The molecule has 0 fully saturated rings. The highest BCUT2D eigenvalue weighted by atomic mass is 35.5. The Morgan fingerprint density at radius 2 is 1.80 bits per heavy atom. The summed E-state index contributed by atoms with van der Waals surface area (Å²) in [4.78, 5) is 22.8. The number of nitro benzene ring substituents is 1. The summed E-state index contributed by atoms with van der Waals surface area (Å²) in [6.07, 6.45) is -4.71. The van der Waals surface area contributed by atoms with Crippen LogP contribution in [0.5, 0.6) is 0 Å². The van der Waals surface area contributed by atoms with Crippen LogP contribution in [0.25, 0.3) is 11.1 Å². The molecule has 0 heterocycles. The van der Waals surface area contributed by atoms with E-state index >= 15 is 0 Å². The number of benzene rings is 2. The van der Waals surface area contributed by atoms with Gasteiger partial charge in [-0.1, -0.05) is 37.2 Å². The van der Waals surface area contributed by atoms with E-state index in [1.54, 1.807) is 0 Å². The highest BCUT2D eigenvalue weighted by Crippen LogP contribution is 2.41. The smallest absolute Gasteiger partial charge is 0.366 e. The van der Waals surface area contributed by atoms with E-state index in [1.165, 1.54) is 13.0 Å². The zero-order chi connectivity index (χ0) is 23.0. The van der Waals surface area contributed by atoms with Crippen molar-refractivity contribution in [3.8, 4) is 22.6 Å². The molecule has 10 heteroatoms. The van der Waals surface area contributed by atoms with E-state index in [0.29, 0.717) is 0 Å². The van der Waals surface area contributed by atoms with E-state index in [1.807, 2.05) is 19.6 Å². The summed E-state index contributed by atoms with van der Waals surface area (Å²) in [6, 6.07) is 3.66. The summed E-state index contributed by atoms with van der Waals surface area (Å²) < 4.78 is 39.9. The van der Waals surface area contributed by atoms with E-state index in [2.05, 4.69) is 11.5 Å². The largest absolute Gasteiger partial charge is 0.416 e. The number of hydrogen-bond donors (Lipinski definition) is 1. The molecule has 2 aromatic rings. The van der Waals surface area contributed by atoms with Crippen molar-refractivity contribution in [1.29, 1.82) is 0 Å². The first-order chi connectivity index (χ1) is 13.6. The second kappa shape index (κ2) is 8.12. The maximum Gasteiger partial charge on any atom is 0.416 e. The first kappa shape index (κ1) is 23.4. The standard InChI is InChI=1S/C20H18ClF3N2O3Si/c1-11-15(5-6-30(2,3)4)18(17(26(28)29)10-16(11)19(25)27)12-7-13(20(22,23)24)9-14(21)8-12/h7-10H,1-4H3,(H2,25,27). The van der Waals surface area contributed by atoms with Gasteiger partial charge in [-0.25, -0.2) is 0 Å². The summed E-state index contributed by atoms with van der Waals surface area (Å²) in [5, 5.41) is 11.5. The van der Waals surface area contributed by atoms with E-state index in [0.717, 1.165) is 18.2 Å². The Hall–Kier alpha value is -2.83. The van der Waals surface area contributed by atoms with Crippen LogP contribution < -0.4 is 5.73 Å². The highest BCUT2D eigenvalue weighted by molar-refractivity contribution is 6.83. The first-order valence-electron chi connectivity index (χ1n) is 8.65. The molecule has 0 spiro atoms. The fourth-order valence-corrected chi connectivity index (χ4v) is 3.50. The average molecular weight is 455 g/mol. The van der Waals surface area contributed by atoms with Gasteiger partial charge in [0.05, 0.1) is 21.6 Å². The summed E-state index contributed by atoms with van der Waals surface area (Å²) in [5.74, 6) is 1.96. The highest BCUT2D eigenvalue weighted by Gasteiger charge is 2.33. The van der Waals surface area contributed by atoms with Crippen molar-refractivity contribution >= 4 is 31.3 Å². The Balaban J connectivity index is 3.05. The van der Waals surface area contributed by atoms with Gasteiger partial charge >= 0.3 is 6.18 Å². The quantitative estimate of drug-likeness (QED) is 0.284. The Bertz CT molecular complexity index is 1110. The van der Waals surface area contributed by atoms with Gasteiger partial charge in [0.2, 0.25) is 5.91 Å². The van der Waals surface area contributed by atoms with Crippen LogP contribution >= 0.6 is 11.6 Å². The molecule has 158 valence electrons. The number of amides is 1. The molecular weight excluding hydrogens is 437 g/mol. The second-order valence-corrected chi connectivity index (χ2v) is 12.9. The van der Waals surface area contributed by atoms with E-state index < -0.39 is 36.3 Å². The molecule has 0 aliphatic carbocycles. The molecule has 0 aliphatic rings. The summed E-state index contributed by atoms with van der Waals surface area (Å²) in [5.41, 5.74) is 6.71. The number of carbonyl (C=O) groups excluding carboxylic acids is 1. The Morgan fingerprint density at radius 3 is 2.27 bits per heavy atom.